The number of rotatable bonds is 3. The summed E-state index contributed by atoms with van der Waals surface area (Å²) in [6, 6.07) is 13.6. The van der Waals surface area contributed by atoms with Gasteiger partial charge in [-0.05, 0) is 46.7 Å². The molecular weight excluding hydrogens is 409 g/mol. The lowest BCUT2D eigenvalue weighted by molar-refractivity contribution is -0.137. The molecule has 0 unspecified atom stereocenters. The van der Waals surface area contributed by atoms with E-state index < -0.39 is 11.7 Å². The highest BCUT2D eigenvalue weighted by molar-refractivity contribution is 6.04. The Morgan fingerprint density at radius 2 is 1.87 bits per heavy atom. The Morgan fingerprint density at radius 1 is 1.06 bits per heavy atom. The van der Waals surface area contributed by atoms with Crippen molar-refractivity contribution in [3.05, 3.63) is 65.7 Å². The maximum atomic E-state index is 13.3. The van der Waals surface area contributed by atoms with Crippen LogP contribution in [0.4, 0.5) is 13.2 Å². The first-order valence-corrected chi connectivity index (χ1v) is 9.62. The fourth-order valence-electron chi connectivity index (χ4n) is 3.74. The zero-order valence-corrected chi connectivity index (χ0v) is 16.6. The highest BCUT2D eigenvalue weighted by Crippen LogP contribution is 2.39. The van der Waals surface area contributed by atoms with Crippen LogP contribution in [0.1, 0.15) is 15.9 Å². The Balaban J connectivity index is 1.78. The molecular formula is C23H19F3N2O3. The minimum atomic E-state index is -4.48. The second-order valence-electron chi connectivity index (χ2n) is 7.23. The number of carbonyl (C=O) groups is 2. The highest BCUT2D eigenvalue weighted by atomic mass is 19.4. The van der Waals surface area contributed by atoms with Crippen molar-refractivity contribution in [3.63, 3.8) is 0 Å². The van der Waals surface area contributed by atoms with E-state index in [9.17, 15) is 22.8 Å². The van der Waals surface area contributed by atoms with E-state index in [1.54, 1.807) is 36.4 Å². The van der Waals surface area contributed by atoms with Crippen LogP contribution < -0.4 is 10.1 Å². The molecule has 1 heterocycles. The van der Waals surface area contributed by atoms with Gasteiger partial charge in [-0.2, -0.15) is 13.2 Å². The third kappa shape index (κ3) is 4.05. The molecule has 0 atom stereocenters. The maximum absolute atomic E-state index is 13.3. The molecule has 0 aliphatic carbocycles. The molecule has 31 heavy (non-hydrogen) atoms. The Bertz CT molecular complexity index is 1170. The van der Waals surface area contributed by atoms with E-state index in [0.29, 0.717) is 46.3 Å². The van der Waals surface area contributed by atoms with Crippen LogP contribution in [0.2, 0.25) is 0 Å². The molecule has 8 heteroatoms. The van der Waals surface area contributed by atoms with Crippen LogP contribution in [0.25, 0.3) is 21.9 Å². The van der Waals surface area contributed by atoms with Gasteiger partial charge in [0.2, 0.25) is 5.91 Å². The number of ether oxygens (including phenoxy) is 1. The molecule has 1 N–H and O–H groups in total. The molecule has 0 spiro atoms. The van der Waals surface area contributed by atoms with Gasteiger partial charge in [0.1, 0.15) is 5.75 Å². The van der Waals surface area contributed by atoms with Crippen molar-refractivity contribution in [1.82, 2.24) is 10.2 Å². The van der Waals surface area contributed by atoms with E-state index in [0.717, 1.165) is 12.1 Å². The van der Waals surface area contributed by atoms with Gasteiger partial charge in [0.25, 0.3) is 5.91 Å². The summed E-state index contributed by atoms with van der Waals surface area (Å²) in [6.07, 6.45) is -4.48. The fraction of sp³-hybridized carbons (Fsp3) is 0.217. The van der Waals surface area contributed by atoms with Gasteiger partial charge in [-0.3, -0.25) is 9.59 Å². The molecule has 160 valence electrons. The minimum Gasteiger partial charge on any atom is -0.496 e. The van der Waals surface area contributed by atoms with Crippen molar-refractivity contribution in [3.8, 4) is 16.9 Å². The second kappa shape index (κ2) is 7.94. The third-order valence-electron chi connectivity index (χ3n) is 5.27. The molecule has 5 nitrogen and oxygen atoms in total. The largest absolute Gasteiger partial charge is 0.496 e. The summed E-state index contributed by atoms with van der Waals surface area (Å²) in [5.41, 5.74) is 0.525. The minimum absolute atomic E-state index is 0.00164. The van der Waals surface area contributed by atoms with Crippen molar-refractivity contribution in [1.29, 1.82) is 0 Å². The van der Waals surface area contributed by atoms with Crippen LogP contribution >= 0.6 is 0 Å². The molecule has 1 fully saturated rings. The lowest BCUT2D eigenvalue weighted by atomic mass is 9.95. The lowest BCUT2D eigenvalue weighted by Crippen LogP contribution is -2.49. The van der Waals surface area contributed by atoms with Crippen molar-refractivity contribution < 1.29 is 27.5 Å². The SMILES string of the molecule is COc1ccc(C(F)(F)F)cc1-c1cccc2cc(C(=O)N3CCNC(=O)C3)ccc12. The van der Waals surface area contributed by atoms with Gasteiger partial charge in [-0.1, -0.05) is 24.3 Å². The van der Waals surface area contributed by atoms with Gasteiger partial charge in [-0.25, -0.2) is 0 Å². The third-order valence-corrected chi connectivity index (χ3v) is 5.27. The molecule has 1 saturated heterocycles. The molecule has 0 radical (unpaired) electrons. The number of carbonyl (C=O) groups excluding carboxylic acids is 2. The topological polar surface area (TPSA) is 58.6 Å². The molecule has 2 amide bonds. The van der Waals surface area contributed by atoms with Crippen LogP contribution in [0.15, 0.2) is 54.6 Å². The van der Waals surface area contributed by atoms with Crippen molar-refractivity contribution in [2.75, 3.05) is 26.7 Å². The summed E-state index contributed by atoms with van der Waals surface area (Å²) in [5.74, 6) is -0.155. The van der Waals surface area contributed by atoms with Crippen LogP contribution in [-0.2, 0) is 11.0 Å². The summed E-state index contributed by atoms with van der Waals surface area (Å²) in [4.78, 5) is 25.9. The molecule has 3 aromatic carbocycles. The monoisotopic (exact) mass is 428 g/mol. The Labute approximate surface area is 176 Å². The fourth-order valence-corrected chi connectivity index (χ4v) is 3.74. The van der Waals surface area contributed by atoms with Gasteiger partial charge >= 0.3 is 6.18 Å². The molecule has 0 bridgehead atoms. The second-order valence-corrected chi connectivity index (χ2v) is 7.23. The number of nitrogens with zero attached hydrogens (tertiary/aromatic N) is 1. The standard InChI is InChI=1S/C23H19F3N2O3/c1-31-20-8-6-16(23(24,25)26)12-19(20)18-4-2-3-14-11-15(5-7-17(14)18)22(30)28-10-9-27-21(29)13-28/h2-8,11-12H,9-10,13H2,1H3,(H,27,29). The normalized spacial score (nSPS) is 14.5. The molecule has 1 aliphatic heterocycles. The smallest absolute Gasteiger partial charge is 0.416 e. The molecule has 1 aliphatic rings. The average Bonchev–Trinajstić information content (AvgIpc) is 2.76. The highest BCUT2D eigenvalue weighted by Gasteiger charge is 2.31. The number of fused-ring (bicyclic) bond motifs is 1. The Hall–Kier alpha value is -3.55. The predicted molar refractivity (Wildman–Crippen MR) is 110 cm³/mol. The molecule has 3 aromatic rings. The van der Waals surface area contributed by atoms with Gasteiger partial charge in [0.05, 0.1) is 19.2 Å². The Kier molecular flexibility index (Phi) is 5.31. The summed E-state index contributed by atoms with van der Waals surface area (Å²) >= 11 is 0. The van der Waals surface area contributed by atoms with Gasteiger partial charge in [-0.15, -0.1) is 0 Å². The number of hydrogen-bond acceptors (Lipinski definition) is 3. The van der Waals surface area contributed by atoms with E-state index in [4.69, 9.17) is 4.74 Å². The number of piperazine rings is 1. The number of methoxy groups -OCH3 is 1. The molecule has 0 aromatic heterocycles. The van der Waals surface area contributed by atoms with E-state index in [1.807, 2.05) is 0 Å². The van der Waals surface area contributed by atoms with Gasteiger partial charge in [0.15, 0.2) is 0 Å². The number of halogens is 3. The zero-order valence-electron chi connectivity index (χ0n) is 16.6. The molecule has 4 rings (SSSR count). The van der Waals surface area contributed by atoms with E-state index in [2.05, 4.69) is 5.32 Å². The summed E-state index contributed by atoms with van der Waals surface area (Å²) in [5, 5.41) is 4.06. The first kappa shape index (κ1) is 20.7. The van der Waals surface area contributed by atoms with Crippen molar-refractivity contribution in [2.45, 2.75) is 6.18 Å². The average molecular weight is 428 g/mol. The zero-order chi connectivity index (χ0) is 22.2. The summed E-state index contributed by atoms with van der Waals surface area (Å²) in [6.45, 7) is 0.820. The predicted octanol–water partition coefficient (Wildman–Crippen LogP) is 4.11. The summed E-state index contributed by atoms with van der Waals surface area (Å²) < 4.78 is 45.1. The summed E-state index contributed by atoms with van der Waals surface area (Å²) in [7, 11) is 1.41. The maximum Gasteiger partial charge on any atom is 0.416 e. The van der Waals surface area contributed by atoms with Crippen molar-refractivity contribution >= 4 is 22.6 Å². The lowest BCUT2D eigenvalue weighted by Gasteiger charge is -2.26. The van der Waals surface area contributed by atoms with Crippen LogP contribution in [0, 0.1) is 0 Å². The number of hydrogen-bond donors (Lipinski definition) is 1. The molecule has 0 saturated carbocycles. The first-order valence-electron chi connectivity index (χ1n) is 9.62. The van der Waals surface area contributed by atoms with E-state index in [-0.39, 0.29) is 18.4 Å². The quantitative estimate of drug-likeness (QED) is 0.683. The van der Waals surface area contributed by atoms with E-state index >= 15 is 0 Å². The van der Waals surface area contributed by atoms with Gasteiger partial charge in [0, 0.05) is 24.2 Å². The number of nitrogens with one attached hydrogen (secondary N) is 1. The van der Waals surface area contributed by atoms with Crippen LogP contribution in [-0.4, -0.2) is 43.5 Å². The van der Waals surface area contributed by atoms with Crippen LogP contribution in [0.5, 0.6) is 5.75 Å². The first-order chi connectivity index (χ1) is 14.8. The Morgan fingerprint density at radius 3 is 2.58 bits per heavy atom. The number of benzene rings is 3. The number of alkyl halides is 3. The van der Waals surface area contributed by atoms with Crippen LogP contribution in [0.3, 0.4) is 0 Å². The van der Waals surface area contributed by atoms with Crippen molar-refractivity contribution in [2.24, 2.45) is 0 Å². The van der Waals surface area contributed by atoms with E-state index in [1.165, 1.54) is 18.1 Å². The number of amides is 2. The van der Waals surface area contributed by atoms with Gasteiger partial charge < -0.3 is 15.0 Å².